The van der Waals surface area contributed by atoms with E-state index in [1.807, 2.05) is 12.3 Å². The topological polar surface area (TPSA) is 68.5 Å². The van der Waals surface area contributed by atoms with E-state index in [1.54, 1.807) is 23.3 Å². The van der Waals surface area contributed by atoms with Gasteiger partial charge in [0.2, 0.25) is 5.91 Å². The Hall–Kier alpha value is -0.980. The van der Waals surface area contributed by atoms with E-state index in [1.165, 1.54) is 0 Å². The van der Waals surface area contributed by atoms with E-state index in [0.717, 1.165) is 10.7 Å². The first-order valence-electron chi connectivity index (χ1n) is 5.54. The molecule has 1 fully saturated rings. The molecule has 5 nitrogen and oxygen atoms in total. The van der Waals surface area contributed by atoms with Gasteiger partial charge in [-0.15, -0.1) is 11.3 Å². The van der Waals surface area contributed by atoms with Gasteiger partial charge in [-0.3, -0.25) is 4.79 Å². The second-order valence-electron chi connectivity index (χ2n) is 4.48. The number of nitrogens with zero attached hydrogens (tertiary/aromatic N) is 2. The fourth-order valence-corrected chi connectivity index (χ4v) is 2.53. The first kappa shape index (κ1) is 12.5. The molecule has 1 saturated heterocycles. The lowest BCUT2D eigenvalue weighted by atomic mass is 9.98. The highest BCUT2D eigenvalue weighted by Gasteiger charge is 2.40. The van der Waals surface area contributed by atoms with Gasteiger partial charge in [-0.1, -0.05) is 0 Å². The minimum absolute atomic E-state index is 0.0688. The van der Waals surface area contributed by atoms with Crippen LogP contribution in [0.2, 0.25) is 0 Å². The molecule has 0 aliphatic carbocycles. The van der Waals surface area contributed by atoms with Gasteiger partial charge in [-0.25, -0.2) is 4.98 Å². The lowest BCUT2D eigenvalue weighted by molar-refractivity contribution is -0.136. The van der Waals surface area contributed by atoms with Crippen molar-refractivity contribution in [2.24, 2.45) is 5.73 Å². The summed E-state index contributed by atoms with van der Waals surface area (Å²) < 4.78 is 5.20. The molecule has 1 aromatic heterocycles. The van der Waals surface area contributed by atoms with E-state index in [2.05, 4.69) is 4.98 Å². The highest BCUT2D eigenvalue weighted by Crippen LogP contribution is 2.19. The molecule has 1 unspecified atom stereocenters. The van der Waals surface area contributed by atoms with E-state index in [0.29, 0.717) is 26.2 Å². The van der Waals surface area contributed by atoms with Gasteiger partial charge in [-0.2, -0.15) is 0 Å². The highest BCUT2D eigenvalue weighted by atomic mass is 32.1. The fraction of sp³-hybridized carbons (Fsp3) is 0.636. The van der Waals surface area contributed by atoms with Crippen LogP contribution in [0.1, 0.15) is 17.1 Å². The molecule has 0 spiro atoms. The summed E-state index contributed by atoms with van der Waals surface area (Å²) in [5.41, 5.74) is 6.09. The van der Waals surface area contributed by atoms with Crippen molar-refractivity contribution in [3.63, 3.8) is 0 Å². The normalized spacial score (nSPS) is 23.9. The summed E-state index contributed by atoms with van der Waals surface area (Å²) in [5, 5.41) is 2.97. The molecule has 0 aromatic carbocycles. The summed E-state index contributed by atoms with van der Waals surface area (Å²) in [6.45, 7) is 3.32. The van der Waals surface area contributed by atoms with Crippen LogP contribution >= 0.6 is 11.3 Å². The molecule has 1 atom stereocenters. The molecule has 2 rings (SSSR count). The van der Waals surface area contributed by atoms with Gasteiger partial charge in [-0.05, 0) is 13.3 Å². The van der Waals surface area contributed by atoms with Crippen LogP contribution in [0.15, 0.2) is 5.38 Å². The summed E-state index contributed by atoms with van der Waals surface area (Å²) in [7, 11) is 1.75. The molecular weight excluding hydrogens is 238 g/mol. The van der Waals surface area contributed by atoms with E-state index in [-0.39, 0.29) is 5.91 Å². The maximum atomic E-state index is 12.2. The quantitative estimate of drug-likeness (QED) is 0.855. The Kier molecular flexibility index (Phi) is 3.46. The molecule has 0 bridgehead atoms. The Balaban J connectivity index is 2.00. The smallest absolute Gasteiger partial charge is 0.245 e. The number of carbonyl (C=O) groups excluding carboxylic acids is 1. The Bertz CT molecular complexity index is 413. The van der Waals surface area contributed by atoms with Crippen molar-refractivity contribution in [3.05, 3.63) is 16.1 Å². The van der Waals surface area contributed by atoms with Crippen molar-refractivity contribution in [2.45, 2.75) is 25.4 Å². The number of aromatic nitrogens is 1. The number of thiazole rings is 1. The number of carbonyl (C=O) groups is 1. The average molecular weight is 255 g/mol. The number of rotatable bonds is 3. The van der Waals surface area contributed by atoms with Crippen LogP contribution in [0.3, 0.4) is 0 Å². The largest absolute Gasteiger partial charge is 0.379 e. The number of amides is 1. The van der Waals surface area contributed by atoms with Crippen molar-refractivity contribution < 1.29 is 9.53 Å². The molecule has 1 aromatic rings. The molecule has 1 aliphatic rings. The first-order chi connectivity index (χ1) is 8.01. The summed E-state index contributed by atoms with van der Waals surface area (Å²) >= 11 is 1.58. The monoisotopic (exact) mass is 255 g/mol. The van der Waals surface area contributed by atoms with Gasteiger partial charge in [0.05, 0.1) is 23.9 Å². The van der Waals surface area contributed by atoms with Crippen LogP contribution in [0, 0.1) is 6.92 Å². The van der Waals surface area contributed by atoms with Gasteiger partial charge in [0, 0.05) is 19.0 Å². The first-order valence-corrected chi connectivity index (χ1v) is 6.42. The maximum absolute atomic E-state index is 12.2. The summed E-state index contributed by atoms with van der Waals surface area (Å²) in [4.78, 5) is 18.1. The van der Waals surface area contributed by atoms with E-state index in [9.17, 15) is 4.79 Å². The summed E-state index contributed by atoms with van der Waals surface area (Å²) in [6.07, 6.45) is 0.590. The van der Waals surface area contributed by atoms with E-state index >= 15 is 0 Å². The van der Waals surface area contributed by atoms with Crippen LogP contribution in [-0.4, -0.2) is 41.6 Å². The van der Waals surface area contributed by atoms with Crippen molar-refractivity contribution >= 4 is 17.2 Å². The number of ether oxygens (including phenoxy) is 1. The highest BCUT2D eigenvalue weighted by molar-refractivity contribution is 7.09. The van der Waals surface area contributed by atoms with Gasteiger partial charge < -0.3 is 15.4 Å². The predicted molar refractivity (Wildman–Crippen MR) is 65.7 cm³/mol. The molecule has 1 aliphatic heterocycles. The van der Waals surface area contributed by atoms with Crippen LogP contribution < -0.4 is 5.73 Å². The molecule has 17 heavy (non-hydrogen) atoms. The van der Waals surface area contributed by atoms with E-state index in [4.69, 9.17) is 10.5 Å². The third-order valence-corrected chi connectivity index (χ3v) is 3.71. The molecule has 2 N–H and O–H groups in total. The Morgan fingerprint density at radius 2 is 2.53 bits per heavy atom. The van der Waals surface area contributed by atoms with Crippen LogP contribution in [0.4, 0.5) is 0 Å². The molecular formula is C11H17N3O2S. The number of hydrogen-bond donors (Lipinski definition) is 1. The Labute approximate surface area is 105 Å². The van der Waals surface area contributed by atoms with Crippen molar-refractivity contribution in [1.82, 2.24) is 9.88 Å². The third-order valence-electron chi connectivity index (χ3n) is 2.89. The van der Waals surface area contributed by atoms with E-state index < -0.39 is 5.54 Å². The lowest BCUT2D eigenvalue weighted by Gasteiger charge is -2.27. The van der Waals surface area contributed by atoms with Crippen molar-refractivity contribution in [1.29, 1.82) is 0 Å². The number of likely N-dealkylation sites (N-methyl/N-ethyl adjacent to an activating group) is 1. The zero-order valence-electron chi connectivity index (χ0n) is 10.1. The standard InChI is InChI=1S/C11H17N3O2S/c1-8-13-9(6-17-8)5-14(2)10(15)11(12)3-4-16-7-11/h6H,3-5,7,12H2,1-2H3. The molecule has 6 heteroatoms. The van der Waals surface area contributed by atoms with Crippen molar-refractivity contribution in [2.75, 3.05) is 20.3 Å². The Morgan fingerprint density at radius 1 is 1.76 bits per heavy atom. The van der Waals surface area contributed by atoms with Gasteiger partial charge >= 0.3 is 0 Å². The zero-order valence-corrected chi connectivity index (χ0v) is 10.9. The van der Waals surface area contributed by atoms with Crippen molar-refractivity contribution in [3.8, 4) is 0 Å². The number of aryl methyl sites for hydroxylation is 1. The SMILES string of the molecule is Cc1nc(CN(C)C(=O)C2(N)CCOC2)cs1. The number of hydrogen-bond acceptors (Lipinski definition) is 5. The molecule has 0 saturated carbocycles. The lowest BCUT2D eigenvalue weighted by Crippen LogP contribution is -2.54. The molecule has 0 radical (unpaired) electrons. The molecule has 1 amide bonds. The van der Waals surface area contributed by atoms with Crippen LogP contribution in [0.5, 0.6) is 0 Å². The van der Waals surface area contributed by atoms with Gasteiger partial charge in [0.25, 0.3) is 0 Å². The third kappa shape index (κ3) is 2.65. The van der Waals surface area contributed by atoms with Gasteiger partial charge in [0.15, 0.2) is 0 Å². The van der Waals surface area contributed by atoms with Crippen LogP contribution in [-0.2, 0) is 16.1 Å². The molecule has 94 valence electrons. The number of nitrogens with two attached hydrogens (primary N) is 1. The zero-order chi connectivity index (χ0) is 12.5. The second kappa shape index (κ2) is 4.72. The average Bonchev–Trinajstić information content (AvgIpc) is 2.88. The maximum Gasteiger partial charge on any atom is 0.245 e. The Morgan fingerprint density at radius 3 is 3.06 bits per heavy atom. The minimum atomic E-state index is -0.847. The predicted octanol–water partition coefficient (Wildman–Crippen LogP) is 0.528. The summed E-state index contributed by atoms with van der Waals surface area (Å²) in [5.74, 6) is -0.0688. The van der Waals surface area contributed by atoms with Crippen LogP contribution in [0.25, 0.3) is 0 Å². The second-order valence-corrected chi connectivity index (χ2v) is 5.54. The van der Waals surface area contributed by atoms with Gasteiger partial charge in [0.1, 0.15) is 5.54 Å². The fourth-order valence-electron chi connectivity index (χ4n) is 1.93. The summed E-state index contributed by atoms with van der Waals surface area (Å²) in [6, 6.07) is 0. The molecule has 2 heterocycles. The minimum Gasteiger partial charge on any atom is -0.379 e.